The Bertz CT molecular complexity index is 616. The summed E-state index contributed by atoms with van der Waals surface area (Å²) in [5.41, 5.74) is 0.682. The number of carbonyl (C=O) groups is 1. The van der Waals surface area contributed by atoms with E-state index in [0.29, 0.717) is 30.2 Å². The molecular weight excluding hydrogens is 301 g/mol. The quantitative estimate of drug-likeness (QED) is 0.771. The number of halogens is 1. The first kappa shape index (κ1) is 16.4. The zero-order valence-corrected chi connectivity index (χ0v) is 13.2. The molecule has 0 aliphatic rings. The van der Waals surface area contributed by atoms with Crippen molar-refractivity contribution in [3.05, 3.63) is 54.3 Å². The topological polar surface area (TPSA) is 38.3 Å². The highest BCUT2D eigenvalue weighted by atomic mass is 32.2. The zero-order valence-electron chi connectivity index (χ0n) is 12.3. The molecule has 0 aromatic heterocycles. The molecule has 0 saturated heterocycles. The smallest absolute Gasteiger partial charge is 0.225 e. The van der Waals surface area contributed by atoms with Gasteiger partial charge in [-0.2, -0.15) is 0 Å². The molecule has 0 fully saturated rings. The number of nitrogens with one attached hydrogen (secondary N) is 1. The van der Waals surface area contributed by atoms with Crippen molar-refractivity contribution in [2.75, 3.05) is 17.7 Å². The molecule has 2 aromatic rings. The number of thioether (sulfide) groups is 1. The SMILES string of the molecule is CCOc1ccccc1NC(=O)CCSc1ccc(F)cc1. The summed E-state index contributed by atoms with van der Waals surface area (Å²) < 4.78 is 18.3. The lowest BCUT2D eigenvalue weighted by atomic mass is 10.3. The van der Waals surface area contributed by atoms with Gasteiger partial charge in [-0.25, -0.2) is 4.39 Å². The van der Waals surface area contributed by atoms with Crippen LogP contribution in [0.2, 0.25) is 0 Å². The molecule has 2 aromatic carbocycles. The van der Waals surface area contributed by atoms with Crippen LogP contribution in [0.5, 0.6) is 5.75 Å². The fourth-order valence-corrected chi connectivity index (χ4v) is 2.71. The van der Waals surface area contributed by atoms with Gasteiger partial charge in [0.25, 0.3) is 0 Å². The fourth-order valence-electron chi connectivity index (χ4n) is 1.86. The molecule has 0 saturated carbocycles. The van der Waals surface area contributed by atoms with E-state index >= 15 is 0 Å². The van der Waals surface area contributed by atoms with Gasteiger partial charge < -0.3 is 10.1 Å². The Morgan fingerprint density at radius 3 is 2.64 bits per heavy atom. The number of hydrogen-bond donors (Lipinski definition) is 1. The first-order chi connectivity index (χ1) is 10.7. The first-order valence-corrected chi connectivity index (χ1v) is 8.07. The average molecular weight is 319 g/mol. The Labute approximate surface area is 133 Å². The molecule has 0 aliphatic heterocycles. The minimum atomic E-state index is -0.255. The molecule has 1 amide bonds. The summed E-state index contributed by atoms with van der Waals surface area (Å²) in [6.07, 6.45) is 0.377. The monoisotopic (exact) mass is 319 g/mol. The summed E-state index contributed by atoms with van der Waals surface area (Å²) in [4.78, 5) is 12.9. The van der Waals surface area contributed by atoms with E-state index in [-0.39, 0.29) is 11.7 Å². The van der Waals surface area contributed by atoms with Crippen molar-refractivity contribution in [1.82, 2.24) is 0 Å². The predicted octanol–water partition coefficient (Wildman–Crippen LogP) is 4.35. The Balaban J connectivity index is 1.82. The van der Waals surface area contributed by atoms with Gasteiger partial charge in [-0.15, -0.1) is 11.8 Å². The minimum Gasteiger partial charge on any atom is -0.492 e. The molecule has 116 valence electrons. The van der Waals surface area contributed by atoms with Crippen LogP contribution in [0.25, 0.3) is 0 Å². The Morgan fingerprint density at radius 2 is 1.91 bits per heavy atom. The number of amides is 1. The molecule has 0 radical (unpaired) electrons. The molecule has 0 bridgehead atoms. The van der Waals surface area contributed by atoms with E-state index in [0.717, 1.165) is 4.90 Å². The van der Waals surface area contributed by atoms with Gasteiger partial charge in [0, 0.05) is 17.1 Å². The molecule has 22 heavy (non-hydrogen) atoms. The van der Waals surface area contributed by atoms with Crippen LogP contribution in [-0.2, 0) is 4.79 Å². The highest BCUT2D eigenvalue weighted by Gasteiger charge is 2.07. The molecule has 0 unspecified atom stereocenters. The van der Waals surface area contributed by atoms with Crippen LogP contribution in [0.4, 0.5) is 10.1 Å². The summed E-state index contributed by atoms with van der Waals surface area (Å²) in [7, 11) is 0. The number of rotatable bonds is 7. The Morgan fingerprint density at radius 1 is 1.18 bits per heavy atom. The summed E-state index contributed by atoms with van der Waals surface area (Å²) >= 11 is 1.52. The number of carbonyl (C=O) groups excluding carboxylic acids is 1. The van der Waals surface area contributed by atoms with Gasteiger partial charge in [-0.1, -0.05) is 12.1 Å². The standard InChI is InChI=1S/C17H18FNO2S/c1-2-21-16-6-4-3-5-15(16)19-17(20)11-12-22-14-9-7-13(18)8-10-14/h3-10H,2,11-12H2,1H3,(H,19,20). The molecular formula is C17H18FNO2S. The van der Waals surface area contributed by atoms with Crippen LogP contribution in [0.3, 0.4) is 0 Å². The third kappa shape index (κ3) is 5.07. The van der Waals surface area contributed by atoms with Crippen molar-refractivity contribution in [3.63, 3.8) is 0 Å². The van der Waals surface area contributed by atoms with Crippen LogP contribution in [0.1, 0.15) is 13.3 Å². The predicted molar refractivity (Wildman–Crippen MR) is 88.0 cm³/mol. The minimum absolute atomic E-state index is 0.0678. The van der Waals surface area contributed by atoms with Crippen molar-refractivity contribution in [2.24, 2.45) is 0 Å². The van der Waals surface area contributed by atoms with E-state index in [1.165, 1.54) is 23.9 Å². The lowest BCUT2D eigenvalue weighted by Gasteiger charge is -2.11. The first-order valence-electron chi connectivity index (χ1n) is 7.09. The number of ether oxygens (including phenoxy) is 1. The molecule has 0 heterocycles. The van der Waals surface area contributed by atoms with Gasteiger partial charge in [0.05, 0.1) is 12.3 Å². The summed E-state index contributed by atoms with van der Waals surface area (Å²) in [6, 6.07) is 13.6. The van der Waals surface area contributed by atoms with E-state index in [4.69, 9.17) is 4.74 Å². The van der Waals surface area contributed by atoms with Gasteiger partial charge in [0.15, 0.2) is 0 Å². The second-order valence-electron chi connectivity index (χ2n) is 4.53. The van der Waals surface area contributed by atoms with Crippen molar-refractivity contribution >= 4 is 23.4 Å². The van der Waals surface area contributed by atoms with Crippen molar-refractivity contribution < 1.29 is 13.9 Å². The van der Waals surface area contributed by atoms with Crippen molar-refractivity contribution in [2.45, 2.75) is 18.2 Å². The number of para-hydroxylation sites is 2. The van der Waals surface area contributed by atoms with E-state index in [2.05, 4.69) is 5.32 Å². The molecule has 2 rings (SSSR count). The van der Waals surface area contributed by atoms with Gasteiger partial charge in [0.1, 0.15) is 11.6 Å². The van der Waals surface area contributed by atoms with Crippen molar-refractivity contribution in [1.29, 1.82) is 0 Å². The maximum absolute atomic E-state index is 12.8. The fraction of sp³-hybridized carbons (Fsp3) is 0.235. The van der Waals surface area contributed by atoms with E-state index in [1.807, 2.05) is 31.2 Å². The van der Waals surface area contributed by atoms with Gasteiger partial charge in [-0.3, -0.25) is 4.79 Å². The second kappa shape index (κ2) is 8.44. The zero-order chi connectivity index (χ0) is 15.8. The van der Waals surface area contributed by atoms with Gasteiger partial charge in [0.2, 0.25) is 5.91 Å². The van der Waals surface area contributed by atoms with Gasteiger partial charge in [-0.05, 0) is 43.3 Å². The van der Waals surface area contributed by atoms with Crippen LogP contribution < -0.4 is 10.1 Å². The highest BCUT2D eigenvalue weighted by Crippen LogP contribution is 2.24. The van der Waals surface area contributed by atoms with E-state index < -0.39 is 0 Å². The van der Waals surface area contributed by atoms with E-state index in [1.54, 1.807) is 12.1 Å². The largest absolute Gasteiger partial charge is 0.492 e. The maximum atomic E-state index is 12.8. The number of benzene rings is 2. The van der Waals surface area contributed by atoms with Gasteiger partial charge >= 0.3 is 0 Å². The molecule has 0 atom stereocenters. The average Bonchev–Trinajstić information content (AvgIpc) is 2.51. The molecule has 1 N–H and O–H groups in total. The van der Waals surface area contributed by atoms with E-state index in [9.17, 15) is 9.18 Å². The lowest BCUT2D eigenvalue weighted by molar-refractivity contribution is -0.115. The lowest BCUT2D eigenvalue weighted by Crippen LogP contribution is -2.13. The summed E-state index contributed by atoms with van der Waals surface area (Å²) in [6.45, 7) is 2.45. The summed E-state index contributed by atoms with van der Waals surface area (Å²) in [5, 5.41) is 2.85. The highest BCUT2D eigenvalue weighted by molar-refractivity contribution is 7.99. The molecule has 0 aliphatic carbocycles. The normalized spacial score (nSPS) is 10.3. The third-order valence-corrected chi connectivity index (χ3v) is 3.89. The molecule has 0 spiro atoms. The maximum Gasteiger partial charge on any atom is 0.225 e. The summed E-state index contributed by atoms with van der Waals surface area (Å²) in [5.74, 6) is 0.981. The van der Waals surface area contributed by atoms with Crippen LogP contribution >= 0.6 is 11.8 Å². The Hall–Kier alpha value is -2.01. The molecule has 5 heteroatoms. The Kier molecular flexibility index (Phi) is 6.27. The van der Waals surface area contributed by atoms with Crippen LogP contribution in [0, 0.1) is 5.82 Å². The van der Waals surface area contributed by atoms with Crippen LogP contribution in [-0.4, -0.2) is 18.3 Å². The van der Waals surface area contributed by atoms with Crippen LogP contribution in [0.15, 0.2) is 53.4 Å². The third-order valence-electron chi connectivity index (χ3n) is 2.87. The number of hydrogen-bond acceptors (Lipinski definition) is 3. The second-order valence-corrected chi connectivity index (χ2v) is 5.70. The van der Waals surface area contributed by atoms with Crippen molar-refractivity contribution in [3.8, 4) is 5.75 Å². The molecule has 3 nitrogen and oxygen atoms in total. The number of anilines is 1.